The fraction of sp³-hybridized carbons (Fsp3) is 0.714. The van der Waals surface area contributed by atoms with Crippen molar-refractivity contribution in [3.8, 4) is 0 Å². The molecule has 2 rings (SSSR count). The Morgan fingerprint density at radius 2 is 2.11 bits per heavy atom. The van der Waals surface area contributed by atoms with Gasteiger partial charge in [-0.05, 0) is 50.7 Å². The Labute approximate surface area is 114 Å². The quantitative estimate of drug-likeness (QED) is 0.912. The average Bonchev–Trinajstić information content (AvgIpc) is 2.76. The van der Waals surface area contributed by atoms with Gasteiger partial charge in [0.1, 0.15) is 0 Å². The summed E-state index contributed by atoms with van der Waals surface area (Å²) in [6.07, 6.45) is 2.23. The molecule has 3 nitrogen and oxygen atoms in total. The van der Waals surface area contributed by atoms with E-state index in [1.165, 1.54) is 10.4 Å². The predicted octanol–water partition coefficient (Wildman–Crippen LogP) is 2.56. The van der Waals surface area contributed by atoms with Crippen LogP contribution in [0.25, 0.3) is 0 Å². The van der Waals surface area contributed by atoms with E-state index in [9.17, 15) is 0 Å². The molecule has 2 unspecified atom stereocenters. The van der Waals surface area contributed by atoms with E-state index in [4.69, 9.17) is 10.5 Å². The number of thiophene rings is 1. The van der Waals surface area contributed by atoms with Crippen molar-refractivity contribution in [1.29, 1.82) is 0 Å². The zero-order chi connectivity index (χ0) is 13.1. The van der Waals surface area contributed by atoms with Crippen molar-refractivity contribution in [2.45, 2.75) is 44.8 Å². The van der Waals surface area contributed by atoms with E-state index in [1.807, 2.05) is 11.3 Å². The van der Waals surface area contributed by atoms with Crippen LogP contribution >= 0.6 is 11.3 Å². The molecule has 2 N–H and O–H groups in total. The lowest BCUT2D eigenvalue weighted by molar-refractivity contribution is 0.0251. The van der Waals surface area contributed by atoms with Crippen LogP contribution in [0.5, 0.6) is 0 Å². The molecule has 0 spiro atoms. The number of hydrogen-bond donors (Lipinski definition) is 1. The standard InChI is InChI=1S/C14H24N2OS/c1-10-6-9-18-14(10)13(11(2)15)16(3)12-4-7-17-8-5-12/h6,9,11-13H,4-5,7-8,15H2,1-3H3. The summed E-state index contributed by atoms with van der Waals surface area (Å²) < 4.78 is 5.45. The molecular formula is C14H24N2OS. The summed E-state index contributed by atoms with van der Waals surface area (Å²) in [5, 5.41) is 2.16. The van der Waals surface area contributed by atoms with Gasteiger partial charge in [0.05, 0.1) is 6.04 Å². The van der Waals surface area contributed by atoms with E-state index < -0.39 is 0 Å². The van der Waals surface area contributed by atoms with Crippen LogP contribution < -0.4 is 5.73 Å². The Bertz CT molecular complexity index is 372. The Hall–Kier alpha value is -0.420. The third kappa shape index (κ3) is 2.94. The Balaban J connectivity index is 2.17. The van der Waals surface area contributed by atoms with Crippen molar-refractivity contribution in [3.05, 3.63) is 21.9 Å². The van der Waals surface area contributed by atoms with Gasteiger partial charge in [0.2, 0.25) is 0 Å². The SMILES string of the molecule is Cc1ccsc1C(C(C)N)N(C)C1CCOCC1. The number of hydrogen-bond acceptors (Lipinski definition) is 4. The van der Waals surface area contributed by atoms with Crippen LogP contribution in [-0.4, -0.2) is 37.2 Å². The zero-order valence-corrected chi connectivity index (χ0v) is 12.4. The molecule has 0 radical (unpaired) electrons. The van der Waals surface area contributed by atoms with Gasteiger partial charge in [0.25, 0.3) is 0 Å². The summed E-state index contributed by atoms with van der Waals surface area (Å²) in [6.45, 7) is 6.05. The Kier molecular flexibility index (Phi) is 4.78. The van der Waals surface area contributed by atoms with Gasteiger partial charge in [-0.2, -0.15) is 0 Å². The number of aryl methyl sites for hydroxylation is 1. The fourth-order valence-electron chi connectivity index (χ4n) is 2.80. The van der Waals surface area contributed by atoms with Crippen LogP contribution in [-0.2, 0) is 4.74 Å². The van der Waals surface area contributed by atoms with Crippen LogP contribution in [0.4, 0.5) is 0 Å². The van der Waals surface area contributed by atoms with Gasteiger partial charge in [-0.25, -0.2) is 0 Å². The van der Waals surface area contributed by atoms with Gasteiger partial charge in [0.15, 0.2) is 0 Å². The van der Waals surface area contributed by atoms with Gasteiger partial charge >= 0.3 is 0 Å². The highest BCUT2D eigenvalue weighted by molar-refractivity contribution is 7.10. The van der Waals surface area contributed by atoms with E-state index in [-0.39, 0.29) is 6.04 Å². The summed E-state index contributed by atoms with van der Waals surface area (Å²) >= 11 is 1.83. The Morgan fingerprint density at radius 1 is 1.44 bits per heavy atom. The number of rotatable bonds is 4. The maximum Gasteiger partial charge on any atom is 0.0593 e. The lowest BCUT2D eigenvalue weighted by Crippen LogP contribution is -2.44. The summed E-state index contributed by atoms with van der Waals surface area (Å²) in [6, 6.07) is 3.26. The second-order valence-electron chi connectivity index (χ2n) is 5.28. The van der Waals surface area contributed by atoms with Crippen molar-refractivity contribution < 1.29 is 4.74 Å². The lowest BCUT2D eigenvalue weighted by Gasteiger charge is -2.38. The van der Waals surface area contributed by atoms with Gasteiger partial charge < -0.3 is 10.5 Å². The van der Waals surface area contributed by atoms with E-state index in [0.29, 0.717) is 12.1 Å². The second kappa shape index (κ2) is 6.15. The molecule has 0 saturated carbocycles. The van der Waals surface area contributed by atoms with Crippen molar-refractivity contribution in [1.82, 2.24) is 4.90 Å². The highest BCUT2D eigenvalue weighted by atomic mass is 32.1. The molecule has 1 saturated heterocycles. The highest BCUT2D eigenvalue weighted by Crippen LogP contribution is 2.32. The minimum Gasteiger partial charge on any atom is -0.381 e. The third-order valence-corrected chi connectivity index (χ3v) is 4.96. The van der Waals surface area contributed by atoms with Crippen LogP contribution in [0, 0.1) is 6.92 Å². The van der Waals surface area contributed by atoms with Crippen molar-refractivity contribution in [2.24, 2.45) is 5.73 Å². The van der Waals surface area contributed by atoms with Crippen LogP contribution in [0.15, 0.2) is 11.4 Å². The van der Waals surface area contributed by atoms with Gasteiger partial charge in [-0.3, -0.25) is 4.90 Å². The molecule has 2 atom stereocenters. The lowest BCUT2D eigenvalue weighted by atomic mass is 9.99. The summed E-state index contributed by atoms with van der Waals surface area (Å²) in [5.74, 6) is 0. The zero-order valence-electron chi connectivity index (χ0n) is 11.6. The molecule has 0 amide bonds. The van der Waals surface area contributed by atoms with E-state index in [0.717, 1.165) is 26.1 Å². The summed E-state index contributed by atoms with van der Waals surface area (Å²) in [5.41, 5.74) is 7.60. The average molecular weight is 268 g/mol. The summed E-state index contributed by atoms with van der Waals surface area (Å²) in [4.78, 5) is 3.88. The first-order valence-electron chi connectivity index (χ1n) is 6.70. The van der Waals surface area contributed by atoms with Crippen molar-refractivity contribution >= 4 is 11.3 Å². The predicted molar refractivity (Wildman–Crippen MR) is 77.1 cm³/mol. The van der Waals surface area contributed by atoms with E-state index in [1.54, 1.807) is 0 Å². The molecule has 1 aromatic rings. The normalized spacial score (nSPS) is 21.2. The molecule has 1 aromatic heterocycles. The fourth-order valence-corrected chi connectivity index (χ4v) is 3.99. The summed E-state index contributed by atoms with van der Waals surface area (Å²) in [7, 11) is 2.21. The topological polar surface area (TPSA) is 38.5 Å². The minimum atomic E-state index is 0.148. The van der Waals surface area contributed by atoms with Gasteiger partial charge in [-0.15, -0.1) is 11.3 Å². The first-order chi connectivity index (χ1) is 8.61. The van der Waals surface area contributed by atoms with Crippen molar-refractivity contribution in [3.63, 3.8) is 0 Å². The van der Waals surface area contributed by atoms with E-state index >= 15 is 0 Å². The molecule has 1 aliphatic rings. The van der Waals surface area contributed by atoms with Crippen LogP contribution in [0.1, 0.15) is 36.2 Å². The highest BCUT2D eigenvalue weighted by Gasteiger charge is 2.29. The minimum absolute atomic E-state index is 0.148. The molecule has 0 aromatic carbocycles. The molecule has 102 valence electrons. The van der Waals surface area contributed by atoms with Crippen LogP contribution in [0.2, 0.25) is 0 Å². The first kappa shape index (κ1) is 14.0. The number of likely N-dealkylation sites (N-methyl/N-ethyl adjacent to an activating group) is 1. The molecule has 4 heteroatoms. The third-order valence-electron chi connectivity index (χ3n) is 3.87. The number of nitrogens with zero attached hydrogens (tertiary/aromatic N) is 1. The van der Waals surface area contributed by atoms with Crippen molar-refractivity contribution in [2.75, 3.05) is 20.3 Å². The molecular weight excluding hydrogens is 244 g/mol. The molecule has 0 bridgehead atoms. The maximum absolute atomic E-state index is 6.24. The largest absolute Gasteiger partial charge is 0.381 e. The van der Waals surface area contributed by atoms with Crippen LogP contribution in [0.3, 0.4) is 0 Å². The molecule has 1 fully saturated rings. The van der Waals surface area contributed by atoms with E-state index in [2.05, 4.69) is 37.2 Å². The first-order valence-corrected chi connectivity index (χ1v) is 7.58. The maximum atomic E-state index is 6.24. The van der Waals surface area contributed by atoms with Gasteiger partial charge in [-0.1, -0.05) is 0 Å². The number of nitrogens with two attached hydrogens (primary N) is 1. The van der Waals surface area contributed by atoms with Gasteiger partial charge in [0, 0.05) is 30.2 Å². The molecule has 0 aliphatic carbocycles. The molecule has 2 heterocycles. The monoisotopic (exact) mass is 268 g/mol. The smallest absolute Gasteiger partial charge is 0.0593 e. The Morgan fingerprint density at radius 3 is 2.61 bits per heavy atom. The number of ether oxygens (including phenoxy) is 1. The molecule has 1 aliphatic heterocycles. The molecule has 18 heavy (non-hydrogen) atoms. The second-order valence-corrected chi connectivity index (χ2v) is 6.23.